The molecule has 1 heterocycles. The van der Waals surface area contributed by atoms with Crippen molar-refractivity contribution in [2.24, 2.45) is 10.9 Å². The first-order valence-electron chi connectivity index (χ1n) is 4.14. The van der Waals surface area contributed by atoms with Gasteiger partial charge >= 0.3 is 0 Å². The Bertz CT molecular complexity index is 404. The van der Waals surface area contributed by atoms with Crippen molar-refractivity contribution in [3.8, 4) is 0 Å². The lowest BCUT2D eigenvalue weighted by Crippen LogP contribution is -2.18. The highest BCUT2D eigenvalue weighted by molar-refractivity contribution is 5.98. The first-order chi connectivity index (χ1) is 6.72. The lowest BCUT2D eigenvalue weighted by molar-refractivity contribution is -0.119. The third-order valence-electron chi connectivity index (χ3n) is 2.16. The van der Waals surface area contributed by atoms with Crippen LogP contribution in [0.4, 0.5) is 4.39 Å². The molecule has 1 aliphatic carbocycles. The van der Waals surface area contributed by atoms with Crippen LogP contribution in [0, 0.1) is 5.92 Å². The number of carbonyl (C=O) groups excluding carboxylic acids is 1. The van der Waals surface area contributed by atoms with Gasteiger partial charge in [0.05, 0.1) is 13.0 Å². The minimum Gasteiger partial charge on any atom is -0.494 e. The van der Waals surface area contributed by atoms with Crippen molar-refractivity contribution in [3.63, 3.8) is 0 Å². The fourth-order valence-electron chi connectivity index (χ4n) is 1.43. The van der Waals surface area contributed by atoms with Crippen LogP contribution in [0.2, 0.25) is 0 Å². The molecule has 1 amide bonds. The summed E-state index contributed by atoms with van der Waals surface area (Å²) in [6, 6.07) is 0. The van der Waals surface area contributed by atoms with Crippen LogP contribution in [0.5, 0.6) is 0 Å². The fraction of sp³-hybridized carbons (Fsp3) is 0.200. The average Bonchev–Trinajstić information content (AvgIpc) is 2.19. The molecule has 1 unspecified atom stereocenters. The van der Waals surface area contributed by atoms with Gasteiger partial charge in [0.2, 0.25) is 0 Å². The number of hydrogen-bond donors (Lipinski definition) is 0. The van der Waals surface area contributed by atoms with Gasteiger partial charge < -0.3 is 4.74 Å². The van der Waals surface area contributed by atoms with Gasteiger partial charge in [0.1, 0.15) is 0 Å². The fourth-order valence-corrected chi connectivity index (χ4v) is 1.43. The van der Waals surface area contributed by atoms with Gasteiger partial charge in [0.25, 0.3) is 5.91 Å². The van der Waals surface area contributed by atoms with Crippen molar-refractivity contribution in [1.82, 2.24) is 0 Å². The van der Waals surface area contributed by atoms with E-state index in [9.17, 15) is 9.18 Å². The molecule has 3 nitrogen and oxygen atoms in total. The largest absolute Gasteiger partial charge is 0.494 e. The van der Waals surface area contributed by atoms with E-state index in [2.05, 4.69) is 4.99 Å². The number of allylic oxidation sites excluding steroid dienone is 3. The van der Waals surface area contributed by atoms with Gasteiger partial charge in [0.15, 0.2) is 11.6 Å². The number of methoxy groups -OCH3 is 1. The molecule has 0 aromatic carbocycles. The topological polar surface area (TPSA) is 38.7 Å². The second-order valence-electron chi connectivity index (χ2n) is 2.99. The van der Waals surface area contributed by atoms with E-state index in [4.69, 9.17) is 4.74 Å². The number of carbonyl (C=O) groups is 1. The van der Waals surface area contributed by atoms with Gasteiger partial charge in [-0.3, -0.25) is 4.79 Å². The first-order valence-corrected chi connectivity index (χ1v) is 4.14. The molecule has 1 atom stereocenters. The van der Waals surface area contributed by atoms with Crippen LogP contribution in [-0.4, -0.2) is 19.2 Å². The Labute approximate surface area is 80.3 Å². The van der Waals surface area contributed by atoms with E-state index in [-0.39, 0.29) is 11.7 Å². The minimum atomic E-state index is -0.584. The molecular formula is C10H8FNO2. The number of ether oxygens (including phenoxy) is 1. The van der Waals surface area contributed by atoms with E-state index in [1.165, 1.54) is 25.5 Å². The first kappa shape index (κ1) is 8.87. The van der Waals surface area contributed by atoms with Crippen molar-refractivity contribution in [2.75, 3.05) is 7.11 Å². The molecule has 72 valence electrons. The Morgan fingerprint density at radius 1 is 1.57 bits per heavy atom. The van der Waals surface area contributed by atoms with Crippen molar-refractivity contribution < 1.29 is 13.9 Å². The summed E-state index contributed by atoms with van der Waals surface area (Å²) in [6.07, 6.45) is 5.83. The van der Waals surface area contributed by atoms with E-state index in [1.54, 1.807) is 6.08 Å². The number of rotatable bonds is 1. The van der Waals surface area contributed by atoms with Gasteiger partial charge in [-0.15, -0.1) is 0 Å². The van der Waals surface area contributed by atoms with Crippen LogP contribution in [0.3, 0.4) is 0 Å². The summed E-state index contributed by atoms with van der Waals surface area (Å²) in [5.41, 5.74) is 0.711. The lowest BCUT2D eigenvalue weighted by atomic mass is 9.91. The zero-order chi connectivity index (χ0) is 10.1. The molecule has 0 saturated carbocycles. The van der Waals surface area contributed by atoms with E-state index in [0.717, 1.165) is 0 Å². The van der Waals surface area contributed by atoms with E-state index >= 15 is 0 Å². The quantitative estimate of drug-likeness (QED) is 0.633. The van der Waals surface area contributed by atoms with E-state index in [0.29, 0.717) is 5.57 Å². The van der Waals surface area contributed by atoms with Gasteiger partial charge in [-0.25, -0.2) is 9.38 Å². The molecule has 0 radical (unpaired) electrons. The highest BCUT2D eigenvalue weighted by Crippen LogP contribution is 2.30. The highest BCUT2D eigenvalue weighted by Gasteiger charge is 2.27. The van der Waals surface area contributed by atoms with Crippen molar-refractivity contribution in [1.29, 1.82) is 0 Å². The molecular weight excluding hydrogens is 185 g/mol. The van der Waals surface area contributed by atoms with Crippen LogP contribution in [0.25, 0.3) is 0 Å². The summed E-state index contributed by atoms with van der Waals surface area (Å²) in [5, 5.41) is 0. The minimum absolute atomic E-state index is 0.149. The van der Waals surface area contributed by atoms with Gasteiger partial charge in [-0.1, -0.05) is 0 Å². The van der Waals surface area contributed by atoms with Crippen molar-refractivity contribution >= 4 is 12.1 Å². The number of aliphatic imine (C=N–C) groups is 1. The maximum Gasteiger partial charge on any atom is 0.257 e. The number of fused-ring (bicyclic) bond motifs is 1. The second kappa shape index (κ2) is 3.21. The second-order valence-corrected chi connectivity index (χ2v) is 2.99. The molecule has 0 N–H and O–H groups in total. The third-order valence-corrected chi connectivity index (χ3v) is 2.16. The van der Waals surface area contributed by atoms with Crippen LogP contribution in [-0.2, 0) is 9.53 Å². The molecule has 1 aliphatic heterocycles. The third kappa shape index (κ3) is 1.28. The standard InChI is InChI=1S/C10H8FNO2/c1-14-9-4-6-2-3-12-10(13)7(6)5-8(9)11/h2-5,7H,1H3. The summed E-state index contributed by atoms with van der Waals surface area (Å²) < 4.78 is 18.0. The number of dihydropyridines is 1. The normalized spacial score (nSPS) is 24.9. The zero-order valence-corrected chi connectivity index (χ0v) is 7.53. The van der Waals surface area contributed by atoms with Gasteiger partial charge in [0, 0.05) is 6.21 Å². The lowest BCUT2D eigenvalue weighted by Gasteiger charge is -2.19. The van der Waals surface area contributed by atoms with Gasteiger partial charge in [-0.05, 0) is 23.8 Å². The van der Waals surface area contributed by atoms with Crippen molar-refractivity contribution in [3.05, 3.63) is 35.4 Å². The summed E-state index contributed by atoms with van der Waals surface area (Å²) in [4.78, 5) is 14.8. The molecule has 0 aromatic rings. The highest BCUT2D eigenvalue weighted by atomic mass is 19.1. The summed E-state index contributed by atoms with van der Waals surface area (Å²) in [5.74, 6) is -1.29. The SMILES string of the molecule is COC1=CC2=CC=NC(=O)C2C=C1F. The van der Waals surface area contributed by atoms with Crippen LogP contribution in [0.15, 0.2) is 40.4 Å². The number of hydrogen-bond acceptors (Lipinski definition) is 2. The Balaban J connectivity index is 2.43. The van der Waals surface area contributed by atoms with Crippen molar-refractivity contribution in [2.45, 2.75) is 0 Å². The molecule has 0 aromatic heterocycles. The maximum atomic E-state index is 13.2. The van der Waals surface area contributed by atoms with E-state index < -0.39 is 11.7 Å². The Hall–Kier alpha value is -1.71. The predicted octanol–water partition coefficient (Wildman–Crippen LogP) is 1.54. The van der Waals surface area contributed by atoms with Gasteiger partial charge in [-0.2, -0.15) is 0 Å². The number of halogens is 1. The molecule has 0 spiro atoms. The number of nitrogens with zero attached hydrogens (tertiary/aromatic N) is 1. The Kier molecular flexibility index (Phi) is 2.04. The average molecular weight is 193 g/mol. The molecule has 2 rings (SSSR count). The summed E-state index contributed by atoms with van der Waals surface area (Å²) in [7, 11) is 1.39. The summed E-state index contributed by atoms with van der Waals surface area (Å²) in [6.45, 7) is 0. The summed E-state index contributed by atoms with van der Waals surface area (Å²) >= 11 is 0. The smallest absolute Gasteiger partial charge is 0.257 e. The molecule has 14 heavy (non-hydrogen) atoms. The monoisotopic (exact) mass is 193 g/mol. The van der Waals surface area contributed by atoms with E-state index in [1.807, 2.05) is 0 Å². The van der Waals surface area contributed by atoms with Crippen LogP contribution >= 0.6 is 0 Å². The Morgan fingerprint density at radius 2 is 2.36 bits per heavy atom. The number of amides is 1. The zero-order valence-electron chi connectivity index (χ0n) is 7.53. The predicted molar refractivity (Wildman–Crippen MR) is 49.4 cm³/mol. The Morgan fingerprint density at radius 3 is 3.07 bits per heavy atom. The molecule has 0 saturated heterocycles. The molecule has 0 bridgehead atoms. The van der Waals surface area contributed by atoms with Crippen LogP contribution in [0.1, 0.15) is 0 Å². The van der Waals surface area contributed by atoms with Crippen LogP contribution < -0.4 is 0 Å². The molecule has 0 fully saturated rings. The molecule has 2 aliphatic rings. The maximum absolute atomic E-state index is 13.2. The molecule has 4 heteroatoms.